The van der Waals surface area contributed by atoms with Crippen molar-refractivity contribution in [2.75, 3.05) is 6.61 Å². The predicted octanol–water partition coefficient (Wildman–Crippen LogP) is 1.58. The van der Waals surface area contributed by atoms with Crippen molar-refractivity contribution >= 4 is 0 Å². The Morgan fingerprint density at radius 2 is 2.22 bits per heavy atom. The second kappa shape index (κ2) is 1.20. The van der Waals surface area contributed by atoms with E-state index in [4.69, 9.17) is 4.74 Å². The van der Waals surface area contributed by atoms with Crippen LogP contribution in [-0.4, -0.2) is 12.2 Å². The minimum absolute atomic E-state index is 0.461. The van der Waals surface area contributed by atoms with Crippen LogP contribution in [0.3, 0.4) is 0 Å². The smallest absolute Gasteiger partial charge is 0.0947 e. The summed E-state index contributed by atoms with van der Waals surface area (Å²) in [6, 6.07) is 0. The van der Waals surface area contributed by atoms with E-state index in [0.29, 0.717) is 5.60 Å². The van der Waals surface area contributed by atoms with Crippen LogP contribution in [0, 0.1) is 11.8 Å². The summed E-state index contributed by atoms with van der Waals surface area (Å²) in [5.41, 5.74) is 0.461. The molecule has 9 heavy (non-hydrogen) atoms. The third-order valence-corrected chi connectivity index (χ3v) is 3.43. The van der Waals surface area contributed by atoms with E-state index in [0.717, 1.165) is 18.4 Å². The quantitative estimate of drug-likeness (QED) is 0.446. The number of rotatable bonds is 0. The summed E-state index contributed by atoms with van der Waals surface area (Å²) in [7, 11) is 0. The highest BCUT2D eigenvalue weighted by Gasteiger charge is 2.59. The molecule has 0 aromatic carbocycles. The number of fused-ring (bicyclic) bond motifs is 3. The van der Waals surface area contributed by atoms with E-state index in [9.17, 15) is 0 Å². The van der Waals surface area contributed by atoms with Crippen LogP contribution in [0.15, 0.2) is 0 Å². The Labute approximate surface area is 55.4 Å². The third kappa shape index (κ3) is 0.454. The van der Waals surface area contributed by atoms with Crippen LogP contribution < -0.4 is 0 Å². The standard InChI is InChI=1S/C8H12O/c1-2-7-3-6(1)4-8(7)5-9-8/h6-7H,1-5H2. The Bertz CT molecular complexity index is 149. The van der Waals surface area contributed by atoms with Crippen molar-refractivity contribution in [2.24, 2.45) is 11.8 Å². The van der Waals surface area contributed by atoms with Gasteiger partial charge in [-0.05, 0) is 37.5 Å². The van der Waals surface area contributed by atoms with E-state index in [1.807, 2.05) is 0 Å². The van der Waals surface area contributed by atoms with Gasteiger partial charge in [0.1, 0.15) is 0 Å². The first kappa shape index (κ1) is 4.73. The van der Waals surface area contributed by atoms with Gasteiger partial charge in [0.05, 0.1) is 12.2 Å². The zero-order valence-electron chi connectivity index (χ0n) is 5.60. The number of ether oxygens (including phenoxy) is 1. The lowest BCUT2D eigenvalue weighted by molar-refractivity contribution is 0.218. The van der Waals surface area contributed by atoms with Gasteiger partial charge in [-0.25, -0.2) is 0 Å². The summed E-state index contributed by atoms with van der Waals surface area (Å²) in [6.45, 7) is 1.09. The molecule has 2 bridgehead atoms. The normalized spacial score (nSPS) is 61.3. The fraction of sp³-hybridized carbons (Fsp3) is 1.00. The van der Waals surface area contributed by atoms with Gasteiger partial charge in [0, 0.05) is 0 Å². The Balaban J connectivity index is 1.96. The molecule has 2 saturated carbocycles. The van der Waals surface area contributed by atoms with Gasteiger partial charge in [-0.1, -0.05) is 0 Å². The molecule has 1 heteroatoms. The molecule has 0 amide bonds. The first-order chi connectivity index (χ1) is 4.39. The predicted molar refractivity (Wildman–Crippen MR) is 34.1 cm³/mol. The van der Waals surface area contributed by atoms with Gasteiger partial charge in [0.25, 0.3) is 0 Å². The SMILES string of the molecule is C1CC2CC1CC21CO1. The maximum atomic E-state index is 5.49. The zero-order valence-corrected chi connectivity index (χ0v) is 5.60. The fourth-order valence-electron chi connectivity index (χ4n) is 2.84. The van der Waals surface area contributed by atoms with E-state index in [1.165, 1.54) is 25.7 Å². The van der Waals surface area contributed by atoms with Crippen molar-refractivity contribution in [3.63, 3.8) is 0 Å². The van der Waals surface area contributed by atoms with Crippen LogP contribution in [0.2, 0.25) is 0 Å². The average Bonchev–Trinajstić information content (AvgIpc) is 2.40. The van der Waals surface area contributed by atoms with Crippen molar-refractivity contribution in [3.05, 3.63) is 0 Å². The molecule has 1 spiro atoms. The molecule has 3 rings (SSSR count). The lowest BCUT2D eigenvalue weighted by Crippen LogP contribution is -2.19. The minimum Gasteiger partial charge on any atom is -0.369 e. The summed E-state index contributed by atoms with van der Waals surface area (Å²) in [6.07, 6.45) is 5.85. The van der Waals surface area contributed by atoms with Crippen LogP contribution in [0.4, 0.5) is 0 Å². The van der Waals surface area contributed by atoms with Gasteiger partial charge in [-0.2, -0.15) is 0 Å². The highest BCUT2D eigenvalue weighted by Crippen LogP contribution is 2.58. The third-order valence-electron chi connectivity index (χ3n) is 3.43. The van der Waals surface area contributed by atoms with E-state index in [1.54, 1.807) is 0 Å². The van der Waals surface area contributed by atoms with Crippen LogP contribution in [0.5, 0.6) is 0 Å². The number of hydrogen-bond donors (Lipinski definition) is 0. The molecule has 0 radical (unpaired) electrons. The largest absolute Gasteiger partial charge is 0.369 e. The molecular weight excluding hydrogens is 112 g/mol. The van der Waals surface area contributed by atoms with Crippen molar-refractivity contribution in [1.29, 1.82) is 0 Å². The Kier molecular flexibility index (Phi) is 0.628. The van der Waals surface area contributed by atoms with Gasteiger partial charge in [0.15, 0.2) is 0 Å². The van der Waals surface area contributed by atoms with Crippen LogP contribution in [0.25, 0.3) is 0 Å². The highest BCUT2D eigenvalue weighted by molar-refractivity contribution is 5.08. The second-order valence-electron chi connectivity index (χ2n) is 3.93. The summed E-state index contributed by atoms with van der Waals surface area (Å²) >= 11 is 0. The molecule has 50 valence electrons. The second-order valence-corrected chi connectivity index (χ2v) is 3.93. The summed E-state index contributed by atoms with van der Waals surface area (Å²) in [5.74, 6) is 2.03. The topological polar surface area (TPSA) is 12.5 Å². The van der Waals surface area contributed by atoms with Gasteiger partial charge in [0.2, 0.25) is 0 Å². The lowest BCUT2D eigenvalue weighted by atomic mass is 9.89. The molecule has 3 fully saturated rings. The number of hydrogen-bond acceptors (Lipinski definition) is 1. The molecule has 0 aromatic rings. The van der Waals surface area contributed by atoms with Crippen LogP contribution in [0.1, 0.15) is 25.7 Å². The molecule has 3 unspecified atom stereocenters. The Hall–Kier alpha value is -0.0400. The molecule has 3 aliphatic rings. The average molecular weight is 124 g/mol. The summed E-state index contributed by atoms with van der Waals surface area (Å²) in [4.78, 5) is 0. The van der Waals surface area contributed by atoms with Gasteiger partial charge in [-0.15, -0.1) is 0 Å². The Morgan fingerprint density at radius 1 is 1.33 bits per heavy atom. The van der Waals surface area contributed by atoms with E-state index >= 15 is 0 Å². The van der Waals surface area contributed by atoms with Crippen LogP contribution in [-0.2, 0) is 4.74 Å². The van der Waals surface area contributed by atoms with Crippen molar-refractivity contribution < 1.29 is 4.74 Å². The maximum Gasteiger partial charge on any atom is 0.0947 e. The first-order valence-corrected chi connectivity index (χ1v) is 4.03. The molecule has 3 atom stereocenters. The zero-order chi connectivity index (χ0) is 5.90. The lowest BCUT2D eigenvalue weighted by Gasteiger charge is -2.15. The fourth-order valence-corrected chi connectivity index (χ4v) is 2.84. The van der Waals surface area contributed by atoms with Crippen molar-refractivity contribution in [2.45, 2.75) is 31.3 Å². The van der Waals surface area contributed by atoms with Gasteiger partial charge >= 0.3 is 0 Å². The molecule has 1 saturated heterocycles. The molecule has 0 N–H and O–H groups in total. The molecule has 1 aliphatic heterocycles. The minimum atomic E-state index is 0.461. The van der Waals surface area contributed by atoms with Crippen molar-refractivity contribution in [1.82, 2.24) is 0 Å². The molecule has 1 heterocycles. The van der Waals surface area contributed by atoms with E-state index in [-0.39, 0.29) is 0 Å². The van der Waals surface area contributed by atoms with Gasteiger partial charge < -0.3 is 4.74 Å². The molecule has 2 aliphatic carbocycles. The highest BCUT2D eigenvalue weighted by atomic mass is 16.6. The van der Waals surface area contributed by atoms with Gasteiger partial charge in [-0.3, -0.25) is 0 Å². The first-order valence-electron chi connectivity index (χ1n) is 4.03. The summed E-state index contributed by atoms with van der Waals surface area (Å²) < 4.78 is 5.49. The van der Waals surface area contributed by atoms with Crippen molar-refractivity contribution in [3.8, 4) is 0 Å². The molecule has 1 nitrogen and oxygen atoms in total. The molecule has 0 aromatic heterocycles. The maximum absolute atomic E-state index is 5.49. The van der Waals surface area contributed by atoms with E-state index < -0.39 is 0 Å². The summed E-state index contributed by atoms with van der Waals surface area (Å²) in [5, 5.41) is 0. The van der Waals surface area contributed by atoms with E-state index in [2.05, 4.69) is 0 Å². The Morgan fingerprint density at radius 3 is 2.56 bits per heavy atom. The molecular formula is C8H12O. The van der Waals surface area contributed by atoms with Crippen LogP contribution >= 0.6 is 0 Å². The number of epoxide rings is 1. The monoisotopic (exact) mass is 124 g/mol.